The Morgan fingerprint density at radius 3 is 3.00 bits per heavy atom. The van der Waals surface area contributed by atoms with Crippen molar-refractivity contribution in [1.82, 2.24) is 5.32 Å². The fraction of sp³-hybridized carbons (Fsp3) is 0.273. The number of carbonyl (C=O) groups excluding carboxylic acids is 1. The van der Waals surface area contributed by atoms with Gasteiger partial charge in [0.1, 0.15) is 0 Å². The lowest BCUT2D eigenvalue weighted by Gasteiger charge is -2.25. The van der Waals surface area contributed by atoms with Crippen molar-refractivity contribution < 1.29 is 14.7 Å². The standard InChI is InChI=1S/C11H12N2O3S/c1-12-5-7-2-3-9-8(4-7)13(11(15)16)10(14)6-17-9/h2-4,12H,5-6H2,1H3,(H,15,16). The number of hydrogen-bond donors (Lipinski definition) is 2. The molecule has 2 amide bonds. The van der Waals surface area contributed by atoms with Gasteiger partial charge in [-0.15, -0.1) is 11.8 Å². The maximum Gasteiger partial charge on any atom is 0.418 e. The monoisotopic (exact) mass is 252 g/mol. The maximum absolute atomic E-state index is 11.6. The second kappa shape index (κ2) is 4.77. The Morgan fingerprint density at radius 1 is 1.59 bits per heavy atom. The van der Waals surface area contributed by atoms with E-state index in [1.807, 2.05) is 19.2 Å². The second-order valence-corrected chi connectivity index (χ2v) is 4.65. The van der Waals surface area contributed by atoms with Crippen LogP contribution in [-0.4, -0.2) is 29.9 Å². The lowest BCUT2D eigenvalue weighted by atomic mass is 10.2. The Balaban J connectivity index is 2.45. The zero-order valence-electron chi connectivity index (χ0n) is 9.27. The number of anilines is 1. The van der Waals surface area contributed by atoms with Gasteiger partial charge in [0.15, 0.2) is 0 Å². The first kappa shape index (κ1) is 11.9. The van der Waals surface area contributed by atoms with Crippen LogP contribution in [0.5, 0.6) is 0 Å². The van der Waals surface area contributed by atoms with Gasteiger partial charge in [0.25, 0.3) is 0 Å². The highest BCUT2D eigenvalue weighted by Crippen LogP contribution is 2.35. The summed E-state index contributed by atoms with van der Waals surface area (Å²) in [5.74, 6) is -0.221. The van der Waals surface area contributed by atoms with Crippen LogP contribution in [0, 0.1) is 0 Å². The fourth-order valence-corrected chi connectivity index (χ4v) is 2.59. The number of benzene rings is 1. The van der Waals surface area contributed by atoms with Crippen LogP contribution in [0.1, 0.15) is 5.56 Å². The third-order valence-corrected chi connectivity index (χ3v) is 3.48. The number of thioether (sulfide) groups is 1. The van der Waals surface area contributed by atoms with Gasteiger partial charge in [-0.25, -0.2) is 9.69 Å². The molecule has 0 atom stereocenters. The molecule has 0 aromatic heterocycles. The second-order valence-electron chi connectivity index (χ2n) is 3.63. The van der Waals surface area contributed by atoms with E-state index in [1.165, 1.54) is 11.8 Å². The molecule has 2 N–H and O–H groups in total. The molecular formula is C11H12N2O3S. The number of carbonyl (C=O) groups is 2. The highest BCUT2D eigenvalue weighted by Gasteiger charge is 2.29. The molecule has 2 rings (SSSR count). The third kappa shape index (κ3) is 2.27. The average Bonchev–Trinajstić information content (AvgIpc) is 2.28. The molecular weight excluding hydrogens is 240 g/mol. The minimum Gasteiger partial charge on any atom is -0.464 e. The van der Waals surface area contributed by atoms with Gasteiger partial charge < -0.3 is 10.4 Å². The van der Waals surface area contributed by atoms with Crippen molar-refractivity contribution in [3.63, 3.8) is 0 Å². The van der Waals surface area contributed by atoms with Crippen LogP contribution in [0.25, 0.3) is 0 Å². The lowest BCUT2D eigenvalue weighted by Crippen LogP contribution is -2.39. The first-order valence-corrected chi connectivity index (χ1v) is 6.08. The van der Waals surface area contributed by atoms with Gasteiger partial charge in [-0.3, -0.25) is 4.79 Å². The number of imide groups is 1. The van der Waals surface area contributed by atoms with Gasteiger partial charge in [0.05, 0.1) is 11.4 Å². The van der Waals surface area contributed by atoms with E-state index in [2.05, 4.69) is 5.32 Å². The van der Waals surface area contributed by atoms with Crippen LogP contribution in [0.4, 0.5) is 10.5 Å². The Morgan fingerprint density at radius 2 is 2.35 bits per heavy atom. The van der Waals surface area contributed by atoms with Crippen LogP contribution >= 0.6 is 11.8 Å². The summed E-state index contributed by atoms with van der Waals surface area (Å²) < 4.78 is 0. The predicted molar refractivity (Wildman–Crippen MR) is 65.4 cm³/mol. The molecule has 0 radical (unpaired) electrons. The molecule has 1 aromatic carbocycles. The molecule has 6 heteroatoms. The van der Waals surface area contributed by atoms with Crippen molar-refractivity contribution in [2.24, 2.45) is 0 Å². The lowest BCUT2D eigenvalue weighted by molar-refractivity contribution is -0.115. The zero-order chi connectivity index (χ0) is 12.4. The zero-order valence-corrected chi connectivity index (χ0v) is 10.1. The van der Waals surface area contributed by atoms with E-state index in [0.29, 0.717) is 12.2 Å². The van der Waals surface area contributed by atoms with Crippen molar-refractivity contribution in [2.75, 3.05) is 17.7 Å². The molecule has 0 bridgehead atoms. The highest BCUT2D eigenvalue weighted by molar-refractivity contribution is 8.00. The molecule has 0 saturated heterocycles. The van der Waals surface area contributed by atoms with E-state index >= 15 is 0 Å². The van der Waals surface area contributed by atoms with Crippen LogP contribution in [0.3, 0.4) is 0 Å². The van der Waals surface area contributed by atoms with Crippen molar-refractivity contribution >= 4 is 29.4 Å². The summed E-state index contributed by atoms with van der Waals surface area (Å²) in [6, 6.07) is 5.53. The largest absolute Gasteiger partial charge is 0.464 e. The van der Waals surface area contributed by atoms with Crippen molar-refractivity contribution in [2.45, 2.75) is 11.4 Å². The van der Waals surface area contributed by atoms with Crippen LogP contribution in [0.2, 0.25) is 0 Å². The Labute approximate surface area is 103 Å². The highest BCUT2D eigenvalue weighted by atomic mass is 32.2. The van der Waals surface area contributed by atoms with Crippen LogP contribution < -0.4 is 10.2 Å². The smallest absolute Gasteiger partial charge is 0.418 e. The van der Waals surface area contributed by atoms with Crippen molar-refractivity contribution in [1.29, 1.82) is 0 Å². The molecule has 0 aliphatic carbocycles. The Bertz CT molecular complexity index is 476. The minimum atomic E-state index is -1.22. The topological polar surface area (TPSA) is 69.6 Å². The van der Waals surface area contributed by atoms with Gasteiger partial charge in [0, 0.05) is 11.4 Å². The summed E-state index contributed by atoms with van der Waals surface area (Å²) >= 11 is 1.37. The summed E-state index contributed by atoms with van der Waals surface area (Å²) in [6.45, 7) is 0.638. The summed E-state index contributed by atoms with van der Waals surface area (Å²) in [5, 5.41) is 12.0. The summed E-state index contributed by atoms with van der Waals surface area (Å²) in [6.07, 6.45) is -1.22. The van der Waals surface area contributed by atoms with Gasteiger partial charge in [0.2, 0.25) is 5.91 Å². The molecule has 1 aliphatic heterocycles. The molecule has 5 nitrogen and oxygen atoms in total. The fourth-order valence-electron chi connectivity index (χ4n) is 1.72. The van der Waals surface area contributed by atoms with Crippen molar-refractivity contribution in [3.05, 3.63) is 23.8 Å². The number of rotatable bonds is 2. The molecule has 0 fully saturated rings. The third-order valence-electron chi connectivity index (χ3n) is 2.44. The summed E-state index contributed by atoms with van der Waals surface area (Å²) in [4.78, 5) is 24.3. The number of nitrogens with one attached hydrogen (secondary N) is 1. The molecule has 0 spiro atoms. The van der Waals surface area contributed by atoms with E-state index in [-0.39, 0.29) is 5.75 Å². The number of amides is 2. The van der Waals surface area contributed by atoms with E-state index in [4.69, 9.17) is 5.11 Å². The molecule has 17 heavy (non-hydrogen) atoms. The summed E-state index contributed by atoms with van der Waals surface area (Å²) in [5.41, 5.74) is 1.42. The normalized spacial score (nSPS) is 14.6. The molecule has 1 heterocycles. The first-order valence-electron chi connectivity index (χ1n) is 5.09. The van der Waals surface area contributed by atoms with E-state index in [0.717, 1.165) is 15.4 Å². The minimum absolute atomic E-state index is 0.171. The number of fused-ring (bicyclic) bond motifs is 1. The van der Waals surface area contributed by atoms with E-state index in [1.54, 1.807) is 6.07 Å². The van der Waals surface area contributed by atoms with Crippen LogP contribution in [-0.2, 0) is 11.3 Å². The molecule has 90 valence electrons. The van der Waals surface area contributed by atoms with E-state index in [9.17, 15) is 9.59 Å². The van der Waals surface area contributed by atoms with Gasteiger partial charge in [-0.1, -0.05) is 6.07 Å². The SMILES string of the molecule is CNCc1ccc2c(c1)N(C(=O)O)C(=O)CS2. The number of hydrogen-bond acceptors (Lipinski definition) is 4. The Hall–Kier alpha value is -1.53. The quantitative estimate of drug-likeness (QED) is 0.835. The maximum atomic E-state index is 11.6. The summed E-state index contributed by atoms with van der Waals surface area (Å²) in [7, 11) is 1.81. The number of carboxylic acid groups (broad SMARTS) is 1. The number of nitrogens with zero attached hydrogens (tertiary/aromatic N) is 1. The molecule has 1 aromatic rings. The van der Waals surface area contributed by atoms with E-state index < -0.39 is 12.0 Å². The molecule has 0 saturated carbocycles. The molecule has 0 unspecified atom stereocenters. The van der Waals surface area contributed by atoms with Gasteiger partial charge >= 0.3 is 6.09 Å². The van der Waals surface area contributed by atoms with Gasteiger partial charge in [-0.2, -0.15) is 0 Å². The first-order chi connectivity index (χ1) is 8.13. The average molecular weight is 252 g/mol. The molecule has 1 aliphatic rings. The predicted octanol–water partition coefficient (Wildman–Crippen LogP) is 1.52. The van der Waals surface area contributed by atoms with Crippen molar-refractivity contribution in [3.8, 4) is 0 Å². The Kier molecular flexibility index (Phi) is 3.35. The van der Waals surface area contributed by atoms with Crippen LogP contribution in [0.15, 0.2) is 23.1 Å². The van der Waals surface area contributed by atoms with Gasteiger partial charge in [-0.05, 0) is 24.7 Å².